The van der Waals surface area contributed by atoms with Crippen molar-refractivity contribution in [1.82, 2.24) is 19.5 Å². The number of halogens is 5. The second-order valence-electron chi connectivity index (χ2n) is 8.30. The highest BCUT2D eigenvalue weighted by Gasteiger charge is 2.33. The second kappa shape index (κ2) is 9.22. The molecular weight excluding hydrogens is 499 g/mol. The summed E-state index contributed by atoms with van der Waals surface area (Å²) in [6.07, 6.45) is -0.574. The van der Waals surface area contributed by atoms with Gasteiger partial charge in [0.1, 0.15) is 18.2 Å². The van der Waals surface area contributed by atoms with E-state index >= 15 is 0 Å². The number of ether oxygens (including phenoxy) is 2. The average Bonchev–Trinajstić information content (AvgIpc) is 3.24. The SMILES string of the molecule is Cc1cn(-c2ccc(Nc3ncc4c(n3)N(C)C(c3cc(F)cc(F)c3)CO4)cc2OC(F)(F)F)cn1. The number of hydrogen-bond acceptors (Lipinski definition) is 7. The van der Waals surface area contributed by atoms with Crippen molar-refractivity contribution in [3.05, 3.63) is 78.0 Å². The molecule has 3 heterocycles. The first-order valence-electron chi connectivity index (χ1n) is 10.9. The van der Waals surface area contributed by atoms with Crippen LogP contribution in [0.3, 0.4) is 0 Å². The van der Waals surface area contributed by atoms with Crippen molar-refractivity contribution < 1.29 is 31.4 Å². The molecular formula is C24H19F5N6O2. The maximum atomic E-state index is 13.8. The van der Waals surface area contributed by atoms with Crippen LogP contribution >= 0.6 is 0 Å². The second-order valence-corrected chi connectivity index (χ2v) is 8.30. The number of nitrogens with one attached hydrogen (secondary N) is 1. The first kappa shape index (κ1) is 24.3. The van der Waals surface area contributed by atoms with Crippen LogP contribution in [0.5, 0.6) is 11.5 Å². The smallest absolute Gasteiger partial charge is 0.486 e. The van der Waals surface area contributed by atoms with E-state index in [9.17, 15) is 22.0 Å². The summed E-state index contributed by atoms with van der Waals surface area (Å²) in [7, 11) is 1.68. The van der Waals surface area contributed by atoms with Crippen LogP contribution in [0.15, 0.2) is 55.1 Å². The molecule has 0 radical (unpaired) electrons. The van der Waals surface area contributed by atoms with E-state index in [1.807, 2.05) is 0 Å². The third-order valence-electron chi connectivity index (χ3n) is 5.64. The van der Waals surface area contributed by atoms with Crippen molar-refractivity contribution in [1.29, 1.82) is 0 Å². The van der Waals surface area contributed by atoms with E-state index in [1.165, 1.54) is 47.4 Å². The molecule has 8 nitrogen and oxygen atoms in total. The van der Waals surface area contributed by atoms with Gasteiger partial charge >= 0.3 is 6.36 Å². The van der Waals surface area contributed by atoms with Crippen LogP contribution in [-0.4, -0.2) is 39.5 Å². The van der Waals surface area contributed by atoms with Crippen molar-refractivity contribution >= 4 is 17.5 Å². The molecule has 1 aliphatic heterocycles. The van der Waals surface area contributed by atoms with Gasteiger partial charge in [-0.1, -0.05) is 0 Å². The van der Waals surface area contributed by atoms with Gasteiger partial charge in [-0.05, 0) is 36.8 Å². The molecule has 2 aromatic heterocycles. The summed E-state index contributed by atoms with van der Waals surface area (Å²) in [4.78, 5) is 14.3. The quantitative estimate of drug-likeness (QED) is 0.352. The van der Waals surface area contributed by atoms with Gasteiger partial charge in [-0.25, -0.2) is 18.7 Å². The fourth-order valence-corrected chi connectivity index (χ4v) is 3.99. The first-order valence-corrected chi connectivity index (χ1v) is 10.9. The van der Waals surface area contributed by atoms with E-state index in [-0.39, 0.29) is 23.9 Å². The highest BCUT2D eigenvalue weighted by molar-refractivity contribution is 5.64. The zero-order valence-electron chi connectivity index (χ0n) is 19.4. The molecule has 0 saturated carbocycles. The number of rotatable bonds is 5. The summed E-state index contributed by atoms with van der Waals surface area (Å²) < 4.78 is 78.2. The summed E-state index contributed by atoms with van der Waals surface area (Å²) in [6.45, 7) is 1.82. The Morgan fingerprint density at radius 3 is 2.51 bits per heavy atom. The van der Waals surface area contributed by atoms with Crippen LogP contribution in [0.4, 0.5) is 39.4 Å². The minimum atomic E-state index is -4.92. The highest BCUT2D eigenvalue weighted by atomic mass is 19.4. The number of aromatic nitrogens is 4. The number of fused-ring (bicyclic) bond motifs is 1. The van der Waals surface area contributed by atoms with Gasteiger partial charge in [-0.15, -0.1) is 13.2 Å². The van der Waals surface area contributed by atoms with Crippen molar-refractivity contribution in [3.63, 3.8) is 0 Å². The van der Waals surface area contributed by atoms with Gasteiger partial charge in [0.2, 0.25) is 5.95 Å². The maximum absolute atomic E-state index is 13.8. The fraction of sp³-hybridized carbons (Fsp3) is 0.208. The molecule has 0 bridgehead atoms. The topological polar surface area (TPSA) is 77.3 Å². The number of aryl methyl sites for hydroxylation is 1. The van der Waals surface area contributed by atoms with E-state index in [0.717, 1.165) is 6.07 Å². The number of nitrogens with zero attached hydrogens (tertiary/aromatic N) is 5. The molecule has 37 heavy (non-hydrogen) atoms. The van der Waals surface area contributed by atoms with Crippen molar-refractivity contribution in [3.8, 4) is 17.2 Å². The van der Waals surface area contributed by atoms with Gasteiger partial charge in [0.25, 0.3) is 0 Å². The number of hydrogen-bond donors (Lipinski definition) is 1. The molecule has 0 saturated heterocycles. The van der Waals surface area contributed by atoms with Crippen molar-refractivity contribution in [2.24, 2.45) is 0 Å². The normalized spacial score (nSPS) is 15.2. The van der Waals surface area contributed by atoms with E-state index < -0.39 is 29.8 Å². The molecule has 192 valence electrons. The Morgan fingerprint density at radius 1 is 1.08 bits per heavy atom. The first-order chi connectivity index (χ1) is 17.6. The van der Waals surface area contributed by atoms with Crippen LogP contribution in [-0.2, 0) is 0 Å². The summed E-state index contributed by atoms with van der Waals surface area (Å²) in [5.74, 6) is -1.16. The molecule has 0 spiro atoms. The zero-order chi connectivity index (χ0) is 26.3. The molecule has 0 aliphatic carbocycles. The van der Waals surface area contributed by atoms with Crippen LogP contribution in [0, 0.1) is 18.6 Å². The van der Waals surface area contributed by atoms with Gasteiger partial charge < -0.3 is 24.3 Å². The molecule has 1 unspecified atom stereocenters. The average molecular weight is 518 g/mol. The van der Waals surface area contributed by atoms with Crippen LogP contribution in [0.1, 0.15) is 17.3 Å². The molecule has 1 aliphatic rings. The largest absolute Gasteiger partial charge is 0.573 e. The summed E-state index contributed by atoms with van der Waals surface area (Å²) in [6, 6.07) is 6.81. The predicted molar refractivity (Wildman–Crippen MR) is 123 cm³/mol. The van der Waals surface area contributed by atoms with Gasteiger partial charge in [0, 0.05) is 31.1 Å². The lowest BCUT2D eigenvalue weighted by Crippen LogP contribution is -2.34. The Hall–Kier alpha value is -4.42. The maximum Gasteiger partial charge on any atom is 0.573 e. The molecule has 4 aromatic rings. The van der Waals surface area contributed by atoms with Crippen LogP contribution < -0.4 is 19.7 Å². The van der Waals surface area contributed by atoms with E-state index in [1.54, 1.807) is 25.1 Å². The van der Waals surface area contributed by atoms with Crippen LogP contribution in [0.2, 0.25) is 0 Å². The molecule has 0 fully saturated rings. The number of likely N-dealkylation sites (N-methyl/N-ethyl adjacent to an activating group) is 1. The highest BCUT2D eigenvalue weighted by Crippen LogP contribution is 2.38. The predicted octanol–water partition coefficient (Wildman–Crippen LogP) is 5.46. The Bertz CT molecular complexity index is 1440. The zero-order valence-corrected chi connectivity index (χ0v) is 19.4. The molecule has 1 atom stereocenters. The van der Waals surface area contributed by atoms with Crippen LogP contribution in [0.25, 0.3) is 5.69 Å². The van der Waals surface area contributed by atoms with Crippen molar-refractivity contribution in [2.45, 2.75) is 19.3 Å². The monoisotopic (exact) mass is 518 g/mol. The molecule has 5 rings (SSSR count). The third kappa shape index (κ3) is 5.25. The molecule has 13 heteroatoms. The fourth-order valence-electron chi connectivity index (χ4n) is 3.99. The van der Waals surface area contributed by atoms with E-state index in [2.05, 4.69) is 25.0 Å². The lowest BCUT2D eigenvalue weighted by molar-refractivity contribution is -0.274. The van der Waals surface area contributed by atoms with Gasteiger partial charge in [-0.3, -0.25) is 0 Å². The molecule has 2 aromatic carbocycles. The number of alkyl halides is 3. The Labute approximate surface area is 207 Å². The van der Waals surface area contributed by atoms with Gasteiger partial charge in [0.05, 0.1) is 29.9 Å². The number of benzene rings is 2. The minimum absolute atomic E-state index is 0.0597. The Balaban J connectivity index is 1.44. The summed E-state index contributed by atoms with van der Waals surface area (Å²) >= 11 is 0. The van der Waals surface area contributed by atoms with E-state index in [0.29, 0.717) is 22.8 Å². The molecule has 0 amide bonds. The third-order valence-corrected chi connectivity index (χ3v) is 5.64. The van der Waals surface area contributed by atoms with Gasteiger partial charge in [-0.2, -0.15) is 4.98 Å². The lowest BCUT2D eigenvalue weighted by Gasteiger charge is -2.35. The Kier molecular flexibility index (Phi) is 6.05. The van der Waals surface area contributed by atoms with Gasteiger partial charge in [0.15, 0.2) is 17.3 Å². The Morgan fingerprint density at radius 2 is 1.84 bits per heavy atom. The van der Waals surface area contributed by atoms with E-state index in [4.69, 9.17) is 4.74 Å². The standard InChI is InChI=1S/C24H19F5N6O2/c1-13-10-35(12-31-13)18-4-3-17(8-20(18)37-24(27,28)29)32-23-30-9-21-22(33-23)34(2)19(11-36-21)14-5-15(25)7-16(26)6-14/h3-10,12,19H,11H2,1-2H3,(H,30,32,33). The van der Waals surface area contributed by atoms with Crippen molar-refractivity contribution in [2.75, 3.05) is 23.9 Å². The summed E-state index contributed by atoms with van der Waals surface area (Å²) in [5, 5.41) is 2.86. The minimum Gasteiger partial charge on any atom is -0.486 e. The number of imidazole rings is 1. The number of anilines is 3. The molecule has 1 N–H and O–H groups in total. The summed E-state index contributed by atoms with van der Waals surface area (Å²) in [5.41, 5.74) is 1.34. The lowest BCUT2D eigenvalue weighted by atomic mass is 10.0.